The molecular formula is C15H21NO2. The molecule has 1 saturated heterocycles. The Labute approximate surface area is 109 Å². The van der Waals surface area contributed by atoms with Gasteiger partial charge in [0.25, 0.3) is 5.91 Å². The number of nitrogens with zero attached hydrogens (tertiary/aromatic N) is 1. The van der Waals surface area contributed by atoms with Crippen molar-refractivity contribution in [3.8, 4) is 5.75 Å². The van der Waals surface area contributed by atoms with Gasteiger partial charge >= 0.3 is 0 Å². The number of benzene rings is 1. The van der Waals surface area contributed by atoms with E-state index in [9.17, 15) is 4.79 Å². The Morgan fingerprint density at radius 2 is 1.94 bits per heavy atom. The van der Waals surface area contributed by atoms with E-state index < -0.39 is 0 Å². The second-order valence-corrected chi connectivity index (χ2v) is 5.11. The lowest BCUT2D eigenvalue weighted by Crippen LogP contribution is -2.27. The molecule has 0 N–H and O–H groups in total. The van der Waals surface area contributed by atoms with Gasteiger partial charge in [0.15, 0.2) is 0 Å². The second-order valence-electron chi connectivity index (χ2n) is 5.11. The van der Waals surface area contributed by atoms with Crippen molar-refractivity contribution in [2.45, 2.75) is 32.6 Å². The van der Waals surface area contributed by atoms with Crippen LogP contribution in [0.15, 0.2) is 18.2 Å². The van der Waals surface area contributed by atoms with Crippen molar-refractivity contribution < 1.29 is 9.53 Å². The van der Waals surface area contributed by atoms with E-state index >= 15 is 0 Å². The molecule has 1 aromatic rings. The molecule has 1 heterocycles. The van der Waals surface area contributed by atoms with Crippen LogP contribution < -0.4 is 4.74 Å². The minimum absolute atomic E-state index is 0.126. The monoisotopic (exact) mass is 247 g/mol. The van der Waals surface area contributed by atoms with Gasteiger partial charge < -0.3 is 9.64 Å². The number of amides is 1. The number of hydrogen-bond acceptors (Lipinski definition) is 2. The van der Waals surface area contributed by atoms with Gasteiger partial charge in [-0.1, -0.05) is 19.9 Å². The first-order chi connectivity index (χ1) is 8.63. The van der Waals surface area contributed by atoms with Crippen molar-refractivity contribution in [3.05, 3.63) is 29.3 Å². The lowest BCUT2D eigenvalue weighted by Gasteiger charge is -2.17. The summed E-state index contributed by atoms with van der Waals surface area (Å²) >= 11 is 0. The topological polar surface area (TPSA) is 29.5 Å². The predicted molar refractivity (Wildman–Crippen MR) is 72.2 cm³/mol. The summed E-state index contributed by atoms with van der Waals surface area (Å²) in [5, 5.41) is 0. The Hall–Kier alpha value is -1.51. The van der Waals surface area contributed by atoms with Gasteiger partial charge in [0, 0.05) is 18.7 Å². The zero-order chi connectivity index (χ0) is 13.1. The predicted octanol–water partition coefficient (Wildman–Crippen LogP) is 3.05. The normalized spacial score (nSPS) is 15.2. The van der Waals surface area contributed by atoms with Crippen molar-refractivity contribution in [1.82, 2.24) is 4.90 Å². The van der Waals surface area contributed by atoms with E-state index in [4.69, 9.17) is 4.74 Å². The van der Waals surface area contributed by atoms with E-state index in [-0.39, 0.29) is 5.91 Å². The maximum absolute atomic E-state index is 12.3. The van der Waals surface area contributed by atoms with Crippen LogP contribution in [-0.2, 0) is 0 Å². The van der Waals surface area contributed by atoms with Crippen molar-refractivity contribution >= 4 is 5.91 Å². The second kappa shape index (κ2) is 5.42. The molecule has 1 amide bonds. The number of rotatable bonds is 3. The van der Waals surface area contributed by atoms with Gasteiger partial charge in [-0.05, 0) is 36.5 Å². The first-order valence-corrected chi connectivity index (χ1v) is 6.60. The Morgan fingerprint density at radius 1 is 1.28 bits per heavy atom. The van der Waals surface area contributed by atoms with Crippen LogP contribution in [0, 0.1) is 0 Å². The van der Waals surface area contributed by atoms with E-state index in [1.54, 1.807) is 7.11 Å². The fourth-order valence-electron chi connectivity index (χ4n) is 2.42. The Bertz CT molecular complexity index is 434. The van der Waals surface area contributed by atoms with Crippen LogP contribution in [0.2, 0.25) is 0 Å². The Balaban J connectivity index is 2.26. The number of likely N-dealkylation sites (tertiary alicyclic amines) is 1. The van der Waals surface area contributed by atoms with Crippen LogP contribution in [0.1, 0.15) is 48.5 Å². The summed E-state index contributed by atoms with van der Waals surface area (Å²) in [5.41, 5.74) is 1.88. The zero-order valence-electron chi connectivity index (χ0n) is 11.4. The fourth-order valence-corrected chi connectivity index (χ4v) is 2.42. The SMILES string of the molecule is COc1cc(C(=O)N2CCCC2)ccc1C(C)C. The lowest BCUT2D eigenvalue weighted by atomic mass is 10.00. The molecule has 0 spiro atoms. The number of ether oxygens (including phenoxy) is 1. The molecule has 18 heavy (non-hydrogen) atoms. The van der Waals surface area contributed by atoms with E-state index in [0.717, 1.165) is 42.8 Å². The van der Waals surface area contributed by atoms with Crippen LogP contribution in [0.25, 0.3) is 0 Å². The summed E-state index contributed by atoms with van der Waals surface area (Å²) in [7, 11) is 1.66. The maximum atomic E-state index is 12.3. The average Bonchev–Trinajstić information content (AvgIpc) is 2.90. The van der Waals surface area contributed by atoms with Gasteiger partial charge in [-0.15, -0.1) is 0 Å². The van der Waals surface area contributed by atoms with Crippen LogP contribution in [0.3, 0.4) is 0 Å². The van der Waals surface area contributed by atoms with Crippen LogP contribution >= 0.6 is 0 Å². The molecule has 3 heteroatoms. The minimum Gasteiger partial charge on any atom is -0.496 e. The van der Waals surface area contributed by atoms with Crippen molar-refractivity contribution in [2.75, 3.05) is 20.2 Å². The number of hydrogen-bond donors (Lipinski definition) is 0. The Kier molecular flexibility index (Phi) is 3.90. The highest BCUT2D eigenvalue weighted by Gasteiger charge is 2.20. The minimum atomic E-state index is 0.126. The molecule has 0 saturated carbocycles. The summed E-state index contributed by atoms with van der Waals surface area (Å²) in [6, 6.07) is 5.79. The largest absolute Gasteiger partial charge is 0.496 e. The standard InChI is InChI=1S/C15H21NO2/c1-11(2)13-7-6-12(10-14(13)18-3)15(17)16-8-4-5-9-16/h6-7,10-11H,4-5,8-9H2,1-3H3. The van der Waals surface area contributed by atoms with Crippen LogP contribution in [0.4, 0.5) is 0 Å². The molecule has 0 unspecified atom stereocenters. The Morgan fingerprint density at radius 3 is 2.50 bits per heavy atom. The van der Waals surface area contributed by atoms with Gasteiger partial charge in [-0.2, -0.15) is 0 Å². The maximum Gasteiger partial charge on any atom is 0.253 e. The number of carbonyl (C=O) groups excluding carboxylic acids is 1. The van der Waals surface area contributed by atoms with Crippen LogP contribution in [0.5, 0.6) is 5.75 Å². The molecule has 1 aliphatic heterocycles. The highest BCUT2D eigenvalue weighted by molar-refractivity contribution is 5.95. The van der Waals surface area contributed by atoms with Gasteiger partial charge in [-0.3, -0.25) is 4.79 Å². The average molecular weight is 247 g/mol. The van der Waals surface area contributed by atoms with Crippen molar-refractivity contribution in [1.29, 1.82) is 0 Å². The summed E-state index contributed by atoms with van der Waals surface area (Å²) in [4.78, 5) is 14.2. The molecule has 98 valence electrons. The van der Waals surface area contributed by atoms with E-state index in [1.807, 2.05) is 23.1 Å². The highest BCUT2D eigenvalue weighted by atomic mass is 16.5. The summed E-state index contributed by atoms with van der Waals surface area (Å²) in [6.45, 7) is 6.01. The molecule has 0 aliphatic carbocycles. The third-order valence-corrected chi connectivity index (χ3v) is 3.50. The first-order valence-electron chi connectivity index (χ1n) is 6.60. The molecule has 3 nitrogen and oxygen atoms in total. The number of carbonyl (C=O) groups is 1. The van der Waals surface area contributed by atoms with Crippen molar-refractivity contribution in [3.63, 3.8) is 0 Å². The molecule has 0 bridgehead atoms. The summed E-state index contributed by atoms with van der Waals surface area (Å²) in [5.74, 6) is 1.34. The molecular weight excluding hydrogens is 226 g/mol. The van der Waals surface area contributed by atoms with Crippen LogP contribution in [-0.4, -0.2) is 31.0 Å². The van der Waals surface area contributed by atoms with Gasteiger partial charge in [-0.25, -0.2) is 0 Å². The summed E-state index contributed by atoms with van der Waals surface area (Å²) < 4.78 is 5.39. The van der Waals surface area contributed by atoms with Crippen molar-refractivity contribution in [2.24, 2.45) is 0 Å². The van der Waals surface area contributed by atoms with Gasteiger partial charge in [0.1, 0.15) is 5.75 Å². The smallest absolute Gasteiger partial charge is 0.253 e. The molecule has 1 aliphatic rings. The number of methoxy groups -OCH3 is 1. The zero-order valence-corrected chi connectivity index (χ0v) is 11.4. The highest BCUT2D eigenvalue weighted by Crippen LogP contribution is 2.28. The van der Waals surface area contributed by atoms with Gasteiger partial charge in [0.05, 0.1) is 7.11 Å². The van der Waals surface area contributed by atoms with E-state index in [0.29, 0.717) is 5.92 Å². The lowest BCUT2D eigenvalue weighted by molar-refractivity contribution is 0.0792. The van der Waals surface area contributed by atoms with E-state index in [2.05, 4.69) is 13.8 Å². The molecule has 0 radical (unpaired) electrons. The fraction of sp³-hybridized carbons (Fsp3) is 0.533. The molecule has 0 aromatic heterocycles. The molecule has 2 rings (SSSR count). The first kappa shape index (κ1) is 12.9. The molecule has 1 fully saturated rings. The third-order valence-electron chi connectivity index (χ3n) is 3.50. The molecule has 1 aromatic carbocycles. The van der Waals surface area contributed by atoms with Gasteiger partial charge in [0.2, 0.25) is 0 Å². The quantitative estimate of drug-likeness (QED) is 0.821. The molecule has 0 atom stereocenters. The van der Waals surface area contributed by atoms with E-state index in [1.165, 1.54) is 0 Å². The third kappa shape index (κ3) is 2.50. The summed E-state index contributed by atoms with van der Waals surface area (Å²) in [6.07, 6.45) is 2.24.